The van der Waals surface area contributed by atoms with Crippen molar-refractivity contribution in [1.29, 1.82) is 0 Å². The van der Waals surface area contributed by atoms with Crippen molar-refractivity contribution < 1.29 is 4.74 Å². The van der Waals surface area contributed by atoms with Crippen molar-refractivity contribution in [3.05, 3.63) is 12.2 Å². The van der Waals surface area contributed by atoms with Crippen LogP contribution in [0.1, 0.15) is 43.8 Å². The molecular weight excluding hydrogens is 216 g/mol. The summed E-state index contributed by atoms with van der Waals surface area (Å²) >= 11 is 0. The number of aromatic nitrogens is 3. The van der Waals surface area contributed by atoms with E-state index in [0.717, 1.165) is 51.1 Å². The molecule has 0 radical (unpaired) electrons. The summed E-state index contributed by atoms with van der Waals surface area (Å²) in [4.78, 5) is 0. The number of nitrogens with two attached hydrogens (primary N) is 1. The monoisotopic (exact) mass is 238 g/mol. The molecule has 2 rings (SSSR count). The summed E-state index contributed by atoms with van der Waals surface area (Å²) in [5, 5.41) is 8.31. The fourth-order valence-electron chi connectivity index (χ4n) is 2.51. The van der Waals surface area contributed by atoms with Crippen LogP contribution >= 0.6 is 0 Å². The summed E-state index contributed by atoms with van der Waals surface area (Å²) in [6, 6.07) is 0.385. The average Bonchev–Trinajstić information content (AvgIpc) is 2.79. The Hall–Kier alpha value is -0.940. The van der Waals surface area contributed by atoms with Crippen molar-refractivity contribution >= 4 is 0 Å². The van der Waals surface area contributed by atoms with Crippen LogP contribution in [0.4, 0.5) is 0 Å². The Kier molecular flexibility index (Phi) is 4.50. The highest BCUT2D eigenvalue weighted by Gasteiger charge is 2.23. The Morgan fingerprint density at radius 2 is 2.18 bits per heavy atom. The van der Waals surface area contributed by atoms with Gasteiger partial charge in [-0.15, -0.1) is 10.2 Å². The van der Waals surface area contributed by atoms with E-state index < -0.39 is 0 Å². The Morgan fingerprint density at radius 3 is 2.88 bits per heavy atom. The first-order valence-electron chi connectivity index (χ1n) is 6.43. The number of rotatable bonds is 5. The molecule has 0 aromatic carbocycles. The molecule has 2 N–H and O–H groups in total. The van der Waals surface area contributed by atoms with Gasteiger partial charge in [-0.25, -0.2) is 0 Å². The molecule has 1 saturated carbocycles. The molecule has 0 saturated heterocycles. The highest BCUT2D eigenvalue weighted by Crippen LogP contribution is 2.30. The topological polar surface area (TPSA) is 66.0 Å². The highest BCUT2D eigenvalue weighted by molar-refractivity contribution is 4.99. The van der Waals surface area contributed by atoms with Crippen LogP contribution < -0.4 is 5.73 Å². The molecule has 1 aliphatic carbocycles. The van der Waals surface area contributed by atoms with Gasteiger partial charge in [0.2, 0.25) is 0 Å². The maximum Gasteiger partial charge on any atom is 0.135 e. The van der Waals surface area contributed by atoms with Crippen LogP contribution in [0.2, 0.25) is 0 Å². The van der Waals surface area contributed by atoms with Crippen molar-refractivity contribution in [2.75, 3.05) is 13.7 Å². The normalized spacial score (nSPS) is 25.1. The molecule has 1 aromatic heterocycles. The number of methoxy groups -OCH3 is 1. The zero-order valence-electron chi connectivity index (χ0n) is 10.5. The number of aryl methyl sites for hydroxylation is 1. The van der Waals surface area contributed by atoms with Crippen molar-refractivity contribution in [2.24, 2.45) is 5.73 Å². The molecule has 0 bridgehead atoms. The summed E-state index contributed by atoms with van der Waals surface area (Å²) in [7, 11) is 1.73. The Labute approximate surface area is 102 Å². The molecule has 1 aliphatic rings. The van der Waals surface area contributed by atoms with Crippen molar-refractivity contribution in [3.63, 3.8) is 0 Å². The van der Waals surface area contributed by atoms with E-state index >= 15 is 0 Å². The van der Waals surface area contributed by atoms with Crippen LogP contribution in [0.5, 0.6) is 0 Å². The van der Waals surface area contributed by atoms with Crippen LogP contribution in [0, 0.1) is 0 Å². The molecule has 0 amide bonds. The summed E-state index contributed by atoms with van der Waals surface area (Å²) in [5.41, 5.74) is 5.93. The second-order valence-corrected chi connectivity index (χ2v) is 4.84. The van der Waals surface area contributed by atoms with E-state index in [0.29, 0.717) is 12.0 Å². The predicted molar refractivity (Wildman–Crippen MR) is 65.7 cm³/mol. The maximum absolute atomic E-state index is 5.93. The Balaban J connectivity index is 1.93. The largest absolute Gasteiger partial charge is 0.385 e. The quantitative estimate of drug-likeness (QED) is 0.785. The lowest BCUT2D eigenvalue weighted by Crippen LogP contribution is -2.26. The minimum Gasteiger partial charge on any atom is -0.385 e. The minimum atomic E-state index is 0.385. The van der Waals surface area contributed by atoms with Crippen LogP contribution in [0.3, 0.4) is 0 Å². The van der Waals surface area contributed by atoms with Gasteiger partial charge < -0.3 is 15.0 Å². The smallest absolute Gasteiger partial charge is 0.135 e. The Bertz CT molecular complexity index is 331. The van der Waals surface area contributed by atoms with Gasteiger partial charge >= 0.3 is 0 Å². The molecule has 5 heteroatoms. The lowest BCUT2D eigenvalue weighted by atomic mass is 9.86. The van der Waals surface area contributed by atoms with Gasteiger partial charge in [0, 0.05) is 32.2 Å². The summed E-state index contributed by atoms with van der Waals surface area (Å²) < 4.78 is 7.24. The number of hydrogen-bond donors (Lipinski definition) is 1. The molecule has 5 nitrogen and oxygen atoms in total. The summed E-state index contributed by atoms with van der Waals surface area (Å²) in [6.07, 6.45) is 7.34. The Morgan fingerprint density at radius 1 is 1.41 bits per heavy atom. The first-order chi connectivity index (χ1) is 8.31. The van der Waals surface area contributed by atoms with Gasteiger partial charge in [0.25, 0.3) is 0 Å². The van der Waals surface area contributed by atoms with Gasteiger partial charge in [-0.3, -0.25) is 0 Å². The van der Waals surface area contributed by atoms with Crippen molar-refractivity contribution in [3.8, 4) is 0 Å². The van der Waals surface area contributed by atoms with E-state index in [1.807, 2.05) is 6.33 Å². The molecule has 1 aromatic rings. The first-order valence-corrected chi connectivity index (χ1v) is 6.43. The third-order valence-electron chi connectivity index (χ3n) is 3.53. The first kappa shape index (κ1) is 12.5. The second kappa shape index (κ2) is 6.12. The lowest BCUT2D eigenvalue weighted by Gasteiger charge is -2.25. The molecule has 17 heavy (non-hydrogen) atoms. The number of nitrogens with zero attached hydrogens (tertiary/aromatic N) is 3. The molecule has 0 aliphatic heterocycles. The molecular formula is C12H22N4O. The zero-order chi connectivity index (χ0) is 12.1. The van der Waals surface area contributed by atoms with Crippen LogP contribution in [0.15, 0.2) is 6.33 Å². The summed E-state index contributed by atoms with van der Waals surface area (Å²) in [5.74, 6) is 1.67. The van der Waals surface area contributed by atoms with Gasteiger partial charge in [0.05, 0.1) is 0 Å². The van der Waals surface area contributed by atoms with Crippen molar-refractivity contribution in [2.45, 2.75) is 50.6 Å². The molecule has 96 valence electrons. The zero-order valence-corrected chi connectivity index (χ0v) is 10.5. The van der Waals surface area contributed by atoms with Crippen molar-refractivity contribution in [1.82, 2.24) is 14.8 Å². The molecule has 1 fully saturated rings. The SMILES string of the molecule is COCCCn1cnnc1C1CCC(N)CC1. The molecule has 1 heterocycles. The van der Waals surface area contributed by atoms with E-state index in [1.54, 1.807) is 7.11 Å². The number of hydrogen-bond acceptors (Lipinski definition) is 4. The predicted octanol–water partition coefficient (Wildman–Crippen LogP) is 1.30. The maximum atomic E-state index is 5.93. The second-order valence-electron chi connectivity index (χ2n) is 4.84. The highest BCUT2D eigenvalue weighted by atomic mass is 16.5. The van der Waals surface area contributed by atoms with Gasteiger partial charge in [-0.1, -0.05) is 0 Å². The van der Waals surface area contributed by atoms with Gasteiger partial charge in [0.15, 0.2) is 0 Å². The molecule has 0 spiro atoms. The van der Waals surface area contributed by atoms with Gasteiger partial charge in [-0.05, 0) is 32.1 Å². The van der Waals surface area contributed by atoms with Gasteiger partial charge in [-0.2, -0.15) is 0 Å². The van der Waals surface area contributed by atoms with Crippen LogP contribution in [-0.2, 0) is 11.3 Å². The van der Waals surface area contributed by atoms with E-state index in [-0.39, 0.29) is 0 Å². The minimum absolute atomic E-state index is 0.385. The van der Waals surface area contributed by atoms with Crippen LogP contribution in [-0.4, -0.2) is 34.5 Å². The number of ether oxygens (including phenoxy) is 1. The fraction of sp³-hybridized carbons (Fsp3) is 0.833. The van der Waals surface area contributed by atoms with Gasteiger partial charge in [0.1, 0.15) is 12.2 Å². The van der Waals surface area contributed by atoms with E-state index in [4.69, 9.17) is 10.5 Å². The van der Waals surface area contributed by atoms with E-state index in [9.17, 15) is 0 Å². The third-order valence-corrected chi connectivity index (χ3v) is 3.53. The third kappa shape index (κ3) is 3.26. The van der Waals surface area contributed by atoms with Crippen LogP contribution in [0.25, 0.3) is 0 Å². The van der Waals surface area contributed by atoms with E-state index in [1.165, 1.54) is 0 Å². The van der Waals surface area contributed by atoms with E-state index in [2.05, 4.69) is 14.8 Å². The fourth-order valence-corrected chi connectivity index (χ4v) is 2.51. The molecule has 0 atom stereocenters. The lowest BCUT2D eigenvalue weighted by molar-refractivity contribution is 0.189. The average molecular weight is 238 g/mol. The standard InChI is InChI=1S/C12H22N4O/c1-17-8-2-7-16-9-14-15-12(16)10-3-5-11(13)6-4-10/h9-11H,2-8,13H2,1H3. The summed E-state index contributed by atoms with van der Waals surface area (Å²) in [6.45, 7) is 1.73. The molecule has 0 unspecified atom stereocenters.